The highest BCUT2D eigenvalue weighted by Gasteiger charge is 2.32. The molecule has 0 aliphatic rings. The second kappa shape index (κ2) is 9.08. The monoisotopic (exact) mass is 411 g/mol. The molecule has 1 aromatic heterocycles. The van der Waals surface area contributed by atoms with Crippen LogP contribution < -0.4 is 19.5 Å². The number of nitro benzene ring substituents is 1. The van der Waals surface area contributed by atoms with E-state index in [9.17, 15) is 14.9 Å². The second-order valence-corrected chi connectivity index (χ2v) is 6.30. The number of rotatable bonds is 8. The van der Waals surface area contributed by atoms with Crippen molar-refractivity contribution in [3.05, 3.63) is 63.8 Å². The van der Waals surface area contributed by atoms with Crippen LogP contribution in [0.2, 0.25) is 0 Å². The van der Waals surface area contributed by atoms with Gasteiger partial charge in [0, 0.05) is 24.2 Å². The zero-order valence-corrected chi connectivity index (χ0v) is 16.8. The molecule has 30 heavy (non-hydrogen) atoms. The first-order valence-electron chi connectivity index (χ1n) is 9.10. The van der Waals surface area contributed by atoms with E-state index >= 15 is 0 Å². The van der Waals surface area contributed by atoms with Gasteiger partial charge in [-0.05, 0) is 18.1 Å². The van der Waals surface area contributed by atoms with E-state index in [1.807, 2.05) is 30.3 Å². The van der Waals surface area contributed by atoms with Crippen LogP contribution in [0, 0.1) is 10.1 Å². The van der Waals surface area contributed by atoms with Gasteiger partial charge >= 0.3 is 5.69 Å². The van der Waals surface area contributed by atoms with Crippen LogP contribution in [0.25, 0.3) is 10.9 Å². The Morgan fingerprint density at radius 2 is 1.83 bits per heavy atom. The molecule has 0 fully saturated rings. The molecule has 0 aliphatic carbocycles. The standard InChI is InChI=1S/C21H21N3O6/c1-28-16-12-15(18(24(26)27)20(30-3)19(16)29-2)21(25)23-11-9-14-7-4-6-13-8-5-10-22-17(13)14/h4-8,10,12H,9,11H2,1-3H3,(H,23,25). The van der Waals surface area contributed by atoms with Gasteiger partial charge in [-0.2, -0.15) is 0 Å². The quantitative estimate of drug-likeness (QED) is 0.447. The summed E-state index contributed by atoms with van der Waals surface area (Å²) in [6, 6.07) is 10.9. The number of carbonyl (C=O) groups is 1. The molecule has 1 heterocycles. The Balaban J connectivity index is 1.86. The minimum absolute atomic E-state index is 0.0464. The largest absolute Gasteiger partial charge is 0.493 e. The third-order valence-corrected chi connectivity index (χ3v) is 4.63. The van der Waals surface area contributed by atoms with Gasteiger partial charge in [0.2, 0.25) is 11.5 Å². The number of fused-ring (bicyclic) bond motifs is 1. The number of nitrogens with one attached hydrogen (secondary N) is 1. The first kappa shape index (κ1) is 20.8. The van der Waals surface area contributed by atoms with Crippen molar-refractivity contribution in [2.75, 3.05) is 27.9 Å². The lowest BCUT2D eigenvalue weighted by molar-refractivity contribution is -0.386. The van der Waals surface area contributed by atoms with Crippen molar-refractivity contribution in [1.82, 2.24) is 10.3 Å². The molecule has 0 spiro atoms. The fraction of sp³-hybridized carbons (Fsp3) is 0.238. The lowest BCUT2D eigenvalue weighted by Gasteiger charge is -2.15. The summed E-state index contributed by atoms with van der Waals surface area (Å²) in [7, 11) is 3.97. The van der Waals surface area contributed by atoms with Gasteiger partial charge in [-0.1, -0.05) is 24.3 Å². The molecular formula is C21H21N3O6. The number of nitrogens with zero attached hydrogens (tertiary/aromatic N) is 2. The minimum Gasteiger partial charge on any atom is -0.493 e. The molecule has 0 atom stereocenters. The Hall–Kier alpha value is -3.88. The number of amides is 1. The summed E-state index contributed by atoms with van der Waals surface area (Å²) in [4.78, 5) is 28.1. The number of carbonyl (C=O) groups excluding carboxylic acids is 1. The summed E-state index contributed by atoms with van der Waals surface area (Å²) >= 11 is 0. The van der Waals surface area contributed by atoms with E-state index in [1.54, 1.807) is 6.20 Å². The average molecular weight is 411 g/mol. The van der Waals surface area contributed by atoms with Crippen molar-refractivity contribution in [2.45, 2.75) is 6.42 Å². The molecule has 1 amide bonds. The van der Waals surface area contributed by atoms with E-state index < -0.39 is 16.5 Å². The van der Waals surface area contributed by atoms with Gasteiger partial charge in [0.05, 0.1) is 31.8 Å². The van der Waals surface area contributed by atoms with E-state index in [1.165, 1.54) is 27.4 Å². The molecule has 0 unspecified atom stereocenters. The van der Waals surface area contributed by atoms with Crippen LogP contribution in [0.4, 0.5) is 5.69 Å². The van der Waals surface area contributed by atoms with Crippen LogP contribution in [-0.4, -0.2) is 43.7 Å². The van der Waals surface area contributed by atoms with Gasteiger partial charge in [0.1, 0.15) is 5.56 Å². The number of nitro groups is 1. The van der Waals surface area contributed by atoms with E-state index in [4.69, 9.17) is 14.2 Å². The van der Waals surface area contributed by atoms with Crippen molar-refractivity contribution >= 4 is 22.5 Å². The highest BCUT2D eigenvalue weighted by Crippen LogP contribution is 2.46. The predicted molar refractivity (Wildman–Crippen MR) is 111 cm³/mol. The van der Waals surface area contributed by atoms with Gasteiger partial charge < -0.3 is 19.5 Å². The van der Waals surface area contributed by atoms with Crippen LogP contribution in [0.15, 0.2) is 42.6 Å². The van der Waals surface area contributed by atoms with Crippen LogP contribution >= 0.6 is 0 Å². The predicted octanol–water partition coefficient (Wildman–Crippen LogP) is 3.14. The molecule has 156 valence electrons. The summed E-state index contributed by atoms with van der Waals surface area (Å²) in [5.74, 6) is -0.590. The van der Waals surface area contributed by atoms with E-state index in [0.29, 0.717) is 6.42 Å². The van der Waals surface area contributed by atoms with Crippen molar-refractivity contribution in [1.29, 1.82) is 0 Å². The molecule has 0 bridgehead atoms. The fourth-order valence-corrected chi connectivity index (χ4v) is 3.27. The van der Waals surface area contributed by atoms with Crippen molar-refractivity contribution in [2.24, 2.45) is 0 Å². The molecule has 0 saturated carbocycles. The number of benzene rings is 2. The van der Waals surface area contributed by atoms with E-state index in [2.05, 4.69) is 10.3 Å². The topological polar surface area (TPSA) is 113 Å². The maximum atomic E-state index is 12.8. The molecule has 0 radical (unpaired) electrons. The third kappa shape index (κ3) is 3.95. The van der Waals surface area contributed by atoms with Gasteiger partial charge in [0.15, 0.2) is 5.75 Å². The molecule has 9 nitrogen and oxygen atoms in total. The molecule has 2 aromatic carbocycles. The smallest absolute Gasteiger partial charge is 0.327 e. The van der Waals surface area contributed by atoms with Gasteiger partial charge in [-0.15, -0.1) is 0 Å². The van der Waals surface area contributed by atoms with Crippen LogP contribution in [0.5, 0.6) is 17.2 Å². The molecule has 1 N–H and O–H groups in total. The van der Waals surface area contributed by atoms with Gasteiger partial charge in [-0.25, -0.2) is 0 Å². The lowest BCUT2D eigenvalue weighted by Crippen LogP contribution is -2.26. The summed E-state index contributed by atoms with van der Waals surface area (Å²) in [5, 5.41) is 15.4. The Labute approximate surface area is 172 Å². The number of ether oxygens (including phenoxy) is 3. The first-order valence-corrected chi connectivity index (χ1v) is 9.10. The van der Waals surface area contributed by atoms with Crippen molar-refractivity contribution in [3.8, 4) is 17.2 Å². The molecule has 3 rings (SSSR count). The first-order chi connectivity index (χ1) is 14.5. The average Bonchev–Trinajstić information content (AvgIpc) is 2.77. The Bertz CT molecular complexity index is 1090. The van der Waals surface area contributed by atoms with Gasteiger partial charge in [-0.3, -0.25) is 19.9 Å². The number of hydrogen-bond donors (Lipinski definition) is 1. The van der Waals surface area contributed by atoms with Crippen LogP contribution in [-0.2, 0) is 6.42 Å². The second-order valence-electron chi connectivity index (χ2n) is 6.30. The van der Waals surface area contributed by atoms with Crippen LogP contribution in [0.3, 0.4) is 0 Å². The minimum atomic E-state index is -0.676. The van der Waals surface area contributed by atoms with E-state index in [0.717, 1.165) is 16.5 Å². The fourth-order valence-electron chi connectivity index (χ4n) is 3.27. The Morgan fingerprint density at radius 1 is 1.10 bits per heavy atom. The maximum absolute atomic E-state index is 12.8. The molecule has 0 aliphatic heterocycles. The maximum Gasteiger partial charge on any atom is 0.327 e. The summed E-state index contributed by atoms with van der Waals surface area (Å²) in [6.07, 6.45) is 2.22. The summed E-state index contributed by atoms with van der Waals surface area (Å²) < 4.78 is 15.5. The van der Waals surface area contributed by atoms with Crippen LogP contribution in [0.1, 0.15) is 15.9 Å². The number of para-hydroxylation sites is 1. The number of pyridine rings is 1. The molecule has 3 aromatic rings. The van der Waals surface area contributed by atoms with Crippen molar-refractivity contribution in [3.63, 3.8) is 0 Å². The molecule has 0 saturated heterocycles. The highest BCUT2D eigenvalue weighted by molar-refractivity contribution is 6.00. The number of aromatic nitrogens is 1. The van der Waals surface area contributed by atoms with E-state index in [-0.39, 0.29) is 29.4 Å². The number of methoxy groups -OCH3 is 3. The van der Waals surface area contributed by atoms with Crippen molar-refractivity contribution < 1.29 is 23.9 Å². The Kier molecular flexibility index (Phi) is 6.31. The zero-order valence-electron chi connectivity index (χ0n) is 16.8. The lowest BCUT2D eigenvalue weighted by atomic mass is 10.1. The SMILES string of the molecule is COc1cc(C(=O)NCCc2cccc3cccnc23)c([N+](=O)[O-])c(OC)c1OC. The molecular weight excluding hydrogens is 390 g/mol. The molecule has 9 heteroatoms. The number of hydrogen-bond acceptors (Lipinski definition) is 7. The highest BCUT2D eigenvalue weighted by atomic mass is 16.6. The summed E-state index contributed by atoms with van der Waals surface area (Å²) in [5.41, 5.74) is 1.16. The Morgan fingerprint density at radius 3 is 2.50 bits per heavy atom. The van der Waals surface area contributed by atoms with Gasteiger partial charge in [0.25, 0.3) is 5.91 Å². The third-order valence-electron chi connectivity index (χ3n) is 4.63. The summed E-state index contributed by atoms with van der Waals surface area (Å²) in [6.45, 7) is 0.266. The normalized spacial score (nSPS) is 10.5. The zero-order chi connectivity index (χ0) is 21.7.